The second-order valence-electron chi connectivity index (χ2n) is 5.92. The Hall–Kier alpha value is -3.35. The van der Waals surface area contributed by atoms with Gasteiger partial charge < -0.3 is 4.57 Å². The zero-order chi connectivity index (χ0) is 19.4. The lowest BCUT2D eigenvalue weighted by Crippen LogP contribution is -2.18. The summed E-state index contributed by atoms with van der Waals surface area (Å²) in [6, 6.07) is 15.7. The van der Waals surface area contributed by atoms with Crippen molar-refractivity contribution < 1.29 is 18.0 Å². The van der Waals surface area contributed by atoms with Gasteiger partial charge in [0.15, 0.2) is 0 Å². The first-order valence-electron chi connectivity index (χ1n) is 8.10. The Labute approximate surface area is 153 Å². The van der Waals surface area contributed by atoms with Gasteiger partial charge in [0, 0.05) is 17.4 Å². The number of carbonyl (C=O) groups excluding carboxylic acids is 1. The molecule has 0 spiro atoms. The number of halogens is 3. The van der Waals surface area contributed by atoms with Gasteiger partial charge in [-0.25, -0.2) is 5.43 Å². The Bertz CT molecular complexity index is 973. The molecule has 0 saturated carbocycles. The van der Waals surface area contributed by atoms with Crippen LogP contribution in [0.2, 0.25) is 0 Å². The van der Waals surface area contributed by atoms with Gasteiger partial charge in [-0.1, -0.05) is 23.8 Å². The van der Waals surface area contributed by atoms with E-state index in [4.69, 9.17) is 0 Å². The van der Waals surface area contributed by atoms with E-state index in [0.29, 0.717) is 5.69 Å². The average Bonchev–Trinajstić information content (AvgIpc) is 3.10. The van der Waals surface area contributed by atoms with Gasteiger partial charge in [0.2, 0.25) is 0 Å². The Morgan fingerprint density at radius 3 is 2.52 bits per heavy atom. The molecule has 4 nitrogen and oxygen atoms in total. The zero-order valence-corrected chi connectivity index (χ0v) is 14.4. The first-order valence-corrected chi connectivity index (χ1v) is 8.10. The lowest BCUT2D eigenvalue weighted by atomic mass is 10.1. The molecule has 0 aliphatic carbocycles. The van der Waals surface area contributed by atoms with Crippen LogP contribution in [0.5, 0.6) is 0 Å². The minimum absolute atomic E-state index is 0.115. The SMILES string of the molecule is Cc1ccc(-n2cccc2/C=N\NC(=O)c2cccc(C(F)(F)F)c2)cc1. The first-order chi connectivity index (χ1) is 12.8. The fourth-order valence-electron chi connectivity index (χ4n) is 2.50. The second-order valence-corrected chi connectivity index (χ2v) is 5.92. The van der Waals surface area contributed by atoms with Crippen molar-refractivity contribution in [3.8, 4) is 5.69 Å². The molecule has 27 heavy (non-hydrogen) atoms. The van der Waals surface area contributed by atoms with Gasteiger partial charge in [-0.05, 0) is 49.4 Å². The molecule has 0 fully saturated rings. The number of amides is 1. The normalized spacial score (nSPS) is 11.7. The lowest BCUT2D eigenvalue weighted by molar-refractivity contribution is -0.137. The van der Waals surface area contributed by atoms with Crippen molar-refractivity contribution in [1.29, 1.82) is 0 Å². The van der Waals surface area contributed by atoms with Gasteiger partial charge >= 0.3 is 6.18 Å². The maximum absolute atomic E-state index is 12.7. The number of rotatable bonds is 4. The summed E-state index contributed by atoms with van der Waals surface area (Å²) in [5, 5.41) is 3.86. The van der Waals surface area contributed by atoms with Crippen molar-refractivity contribution in [2.75, 3.05) is 0 Å². The molecule has 0 radical (unpaired) electrons. The summed E-state index contributed by atoms with van der Waals surface area (Å²) in [5.74, 6) is -0.717. The molecule has 0 atom stereocenters. The highest BCUT2D eigenvalue weighted by atomic mass is 19.4. The summed E-state index contributed by atoms with van der Waals surface area (Å²) in [6.45, 7) is 1.99. The molecule has 0 aliphatic rings. The number of hydrazone groups is 1. The molecule has 2 aromatic carbocycles. The summed E-state index contributed by atoms with van der Waals surface area (Å²) in [4.78, 5) is 12.0. The fourth-order valence-corrected chi connectivity index (χ4v) is 2.50. The minimum Gasteiger partial charge on any atom is -0.316 e. The number of nitrogens with one attached hydrogen (secondary N) is 1. The maximum atomic E-state index is 12.7. The molecular weight excluding hydrogens is 355 g/mol. The average molecular weight is 371 g/mol. The standard InChI is InChI=1S/C20H16F3N3O/c1-14-7-9-17(10-8-14)26-11-3-6-18(26)13-24-25-19(27)15-4-2-5-16(12-15)20(21,22)23/h2-13H,1H3,(H,25,27)/b24-13-. The topological polar surface area (TPSA) is 46.4 Å². The highest BCUT2D eigenvalue weighted by Gasteiger charge is 2.30. The summed E-state index contributed by atoms with van der Waals surface area (Å²) in [5.41, 5.74) is 4.03. The van der Waals surface area contributed by atoms with Crippen molar-refractivity contribution in [3.63, 3.8) is 0 Å². The third kappa shape index (κ3) is 4.44. The number of hydrogen-bond acceptors (Lipinski definition) is 2. The molecule has 1 heterocycles. The van der Waals surface area contributed by atoms with Gasteiger partial charge in [0.05, 0.1) is 17.5 Å². The van der Waals surface area contributed by atoms with E-state index in [1.165, 1.54) is 18.3 Å². The van der Waals surface area contributed by atoms with E-state index >= 15 is 0 Å². The quantitative estimate of drug-likeness (QED) is 0.530. The van der Waals surface area contributed by atoms with Gasteiger partial charge in [0.1, 0.15) is 0 Å². The molecular formula is C20H16F3N3O. The molecule has 1 amide bonds. The van der Waals surface area contributed by atoms with Crippen LogP contribution in [0.25, 0.3) is 5.69 Å². The zero-order valence-electron chi connectivity index (χ0n) is 14.4. The number of aromatic nitrogens is 1. The van der Waals surface area contributed by atoms with Crippen LogP contribution < -0.4 is 5.43 Å². The van der Waals surface area contributed by atoms with Crippen molar-refractivity contribution in [2.24, 2.45) is 5.10 Å². The molecule has 1 N–H and O–H groups in total. The molecule has 3 rings (SSSR count). The molecule has 0 bridgehead atoms. The molecule has 0 aliphatic heterocycles. The Morgan fingerprint density at radius 2 is 1.81 bits per heavy atom. The van der Waals surface area contributed by atoms with Crippen LogP contribution in [0.3, 0.4) is 0 Å². The van der Waals surface area contributed by atoms with Gasteiger partial charge in [-0.3, -0.25) is 4.79 Å². The number of alkyl halides is 3. The summed E-state index contributed by atoms with van der Waals surface area (Å²) >= 11 is 0. The highest BCUT2D eigenvalue weighted by molar-refractivity contribution is 5.95. The monoisotopic (exact) mass is 371 g/mol. The van der Waals surface area contributed by atoms with Crippen molar-refractivity contribution in [1.82, 2.24) is 9.99 Å². The third-order valence-corrected chi connectivity index (χ3v) is 3.91. The molecule has 138 valence electrons. The van der Waals surface area contributed by atoms with Crippen molar-refractivity contribution >= 4 is 12.1 Å². The van der Waals surface area contributed by atoms with Crippen LogP contribution in [0.4, 0.5) is 13.2 Å². The smallest absolute Gasteiger partial charge is 0.316 e. The lowest BCUT2D eigenvalue weighted by Gasteiger charge is -2.08. The third-order valence-electron chi connectivity index (χ3n) is 3.91. The predicted octanol–water partition coefficient (Wildman–Crippen LogP) is 4.57. The number of hydrogen-bond donors (Lipinski definition) is 1. The number of benzene rings is 2. The molecule has 7 heteroatoms. The van der Waals surface area contributed by atoms with Crippen LogP contribution in [-0.4, -0.2) is 16.7 Å². The Kier molecular flexibility index (Phi) is 5.12. The van der Waals surface area contributed by atoms with Crippen LogP contribution >= 0.6 is 0 Å². The van der Waals surface area contributed by atoms with Crippen molar-refractivity contribution in [2.45, 2.75) is 13.1 Å². The van der Waals surface area contributed by atoms with Crippen LogP contribution in [0.1, 0.15) is 27.2 Å². The fraction of sp³-hybridized carbons (Fsp3) is 0.100. The van der Waals surface area contributed by atoms with E-state index in [-0.39, 0.29) is 5.56 Å². The van der Waals surface area contributed by atoms with Crippen LogP contribution in [-0.2, 0) is 6.18 Å². The summed E-state index contributed by atoms with van der Waals surface area (Å²) in [6.07, 6.45) is -1.22. The van der Waals surface area contributed by atoms with Crippen molar-refractivity contribution in [3.05, 3.63) is 89.2 Å². The summed E-state index contributed by atoms with van der Waals surface area (Å²) < 4.78 is 40.1. The molecule has 3 aromatic rings. The van der Waals surface area contributed by atoms with E-state index in [1.54, 1.807) is 6.07 Å². The largest absolute Gasteiger partial charge is 0.416 e. The number of nitrogens with zero attached hydrogens (tertiary/aromatic N) is 2. The van der Waals surface area contributed by atoms with Crippen LogP contribution in [0.15, 0.2) is 72.0 Å². The Morgan fingerprint density at radius 1 is 1.07 bits per heavy atom. The highest BCUT2D eigenvalue weighted by Crippen LogP contribution is 2.29. The van der Waals surface area contributed by atoms with Gasteiger partial charge in [0.25, 0.3) is 5.91 Å². The summed E-state index contributed by atoms with van der Waals surface area (Å²) in [7, 11) is 0. The molecule has 0 unspecified atom stereocenters. The Balaban J connectivity index is 1.73. The second kappa shape index (κ2) is 7.49. The number of aryl methyl sites for hydroxylation is 1. The van der Waals surface area contributed by atoms with Gasteiger partial charge in [-0.2, -0.15) is 18.3 Å². The molecule has 0 saturated heterocycles. The van der Waals surface area contributed by atoms with Gasteiger partial charge in [-0.15, -0.1) is 0 Å². The molecule has 1 aromatic heterocycles. The maximum Gasteiger partial charge on any atom is 0.416 e. The van der Waals surface area contributed by atoms with Crippen LogP contribution in [0, 0.1) is 6.92 Å². The minimum atomic E-state index is -4.51. The van der Waals surface area contributed by atoms with E-state index in [2.05, 4.69) is 10.5 Å². The van der Waals surface area contributed by atoms with E-state index < -0.39 is 17.6 Å². The van der Waals surface area contributed by atoms with E-state index in [1.807, 2.05) is 48.0 Å². The predicted molar refractivity (Wildman–Crippen MR) is 97.0 cm³/mol. The van der Waals surface area contributed by atoms with E-state index in [9.17, 15) is 18.0 Å². The van der Waals surface area contributed by atoms with E-state index in [0.717, 1.165) is 23.4 Å². The first kappa shape index (κ1) is 18.4. The number of carbonyl (C=O) groups is 1.